The Morgan fingerprint density at radius 1 is 1.08 bits per heavy atom. The Hall–Kier alpha value is -4.15. The topological polar surface area (TPSA) is 87.0 Å². The van der Waals surface area contributed by atoms with Crippen molar-refractivity contribution in [3.8, 4) is 11.8 Å². The van der Waals surface area contributed by atoms with Crippen LogP contribution in [-0.2, 0) is 9.53 Å². The first-order chi connectivity index (χ1) is 18.2. The van der Waals surface area contributed by atoms with Crippen LogP contribution in [0.2, 0.25) is 0 Å². The molecule has 1 aliphatic rings. The van der Waals surface area contributed by atoms with Crippen LogP contribution in [0.25, 0.3) is 0 Å². The van der Waals surface area contributed by atoms with Crippen molar-refractivity contribution in [1.82, 2.24) is 0 Å². The summed E-state index contributed by atoms with van der Waals surface area (Å²) in [5, 5.41) is 11.3. The number of carbonyl (C=O) groups is 1. The highest BCUT2D eigenvalue weighted by molar-refractivity contribution is 5.99. The zero-order chi connectivity index (χ0) is 28.5. The molecule has 7 heteroatoms. The number of allylic oxidation sites excluding steroid dienone is 3. The summed E-state index contributed by atoms with van der Waals surface area (Å²) in [5.74, 6) is 0.781. The standard InChI is InChI=1S/C12H17NO2.C10H11NO.C9H12N2/c1-10-3-4-11(9-12(10)14-2)13-5-7-15-8-6-13;1-3-10(12)11-9-7-5-4-6-8(9)2;1-5-9(6-10)8(4)11-7(2)3/h3-4,9H,5-8H2,1-2H3;3-7H,1H2,2H3,(H,11,12);5H,1H2,2-4H3/b;;9-8+. The molecule has 0 unspecified atom stereocenters. The molecule has 1 saturated heterocycles. The molecule has 0 atom stereocenters. The van der Waals surface area contributed by atoms with E-state index in [2.05, 4.69) is 53.5 Å². The number of anilines is 2. The maximum atomic E-state index is 10.9. The quantitative estimate of drug-likeness (QED) is 0.207. The van der Waals surface area contributed by atoms with E-state index in [9.17, 15) is 4.79 Å². The minimum Gasteiger partial charge on any atom is -0.496 e. The van der Waals surface area contributed by atoms with Crippen molar-refractivity contribution in [3.05, 3.63) is 90.2 Å². The number of hydrogen-bond acceptors (Lipinski definition) is 6. The zero-order valence-electron chi connectivity index (χ0n) is 23.5. The molecule has 0 aliphatic carbocycles. The van der Waals surface area contributed by atoms with Crippen LogP contribution in [0.4, 0.5) is 11.4 Å². The fourth-order valence-electron chi connectivity index (χ4n) is 3.39. The minimum atomic E-state index is -0.177. The average molecular weight is 517 g/mol. The number of benzene rings is 2. The van der Waals surface area contributed by atoms with Gasteiger partial charge in [0.1, 0.15) is 11.8 Å². The maximum absolute atomic E-state index is 10.9. The third-order valence-electron chi connectivity index (χ3n) is 5.46. The fourth-order valence-corrected chi connectivity index (χ4v) is 3.39. The number of para-hydroxylation sites is 1. The molecule has 1 N–H and O–H groups in total. The Labute approximate surface area is 227 Å². The lowest BCUT2D eigenvalue weighted by atomic mass is 10.2. The first-order valence-corrected chi connectivity index (χ1v) is 12.4. The van der Waals surface area contributed by atoms with Gasteiger partial charge in [0.05, 0.1) is 31.6 Å². The van der Waals surface area contributed by atoms with Gasteiger partial charge in [-0.1, -0.05) is 37.4 Å². The van der Waals surface area contributed by atoms with Gasteiger partial charge in [-0.2, -0.15) is 5.26 Å². The molecule has 2 aromatic carbocycles. The first-order valence-electron chi connectivity index (χ1n) is 12.4. The van der Waals surface area contributed by atoms with Gasteiger partial charge in [-0.25, -0.2) is 0 Å². The van der Waals surface area contributed by atoms with E-state index in [1.807, 2.05) is 51.1 Å². The lowest BCUT2D eigenvalue weighted by Gasteiger charge is -2.29. The SMILES string of the molecule is C=C/C(C#N)=C(/C)N=C(C)C.C=CC(=O)Nc1ccccc1C.COc1cc(N2CCOCC2)ccc1C. The molecule has 2 aromatic rings. The molecule has 1 fully saturated rings. The third kappa shape index (κ3) is 11.3. The molecular weight excluding hydrogens is 476 g/mol. The second-order valence-corrected chi connectivity index (χ2v) is 8.64. The van der Waals surface area contributed by atoms with Gasteiger partial charge < -0.3 is 19.7 Å². The molecule has 202 valence electrons. The predicted molar refractivity (Wildman–Crippen MR) is 158 cm³/mol. The molecule has 0 radical (unpaired) electrons. The maximum Gasteiger partial charge on any atom is 0.247 e. The summed E-state index contributed by atoms with van der Waals surface area (Å²) in [6.07, 6.45) is 2.77. The summed E-state index contributed by atoms with van der Waals surface area (Å²) in [6.45, 7) is 20.0. The summed E-state index contributed by atoms with van der Waals surface area (Å²) in [6, 6.07) is 16.0. The Morgan fingerprint density at radius 3 is 2.26 bits per heavy atom. The van der Waals surface area contributed by atoms with Gasteiger partial charge in [0.15, 0.2) is 0 Å². The van der Waals surface area contributed by atoms with E-state index in [0.29, 0.717) is 5.57 Å². The van der Waals surface area contributed by atoms with Gasteiger partial charge >= 0.3 is 0 Å². The molecule has 3 rings (SSSR count). The van der Waals surface area contributed by atoms with Crippen molar-refractivity contribution in [2.75, 3.05) is 43.6 Å². The minimum absolute atomic E-state index is 0.177. The van der Waals surface area contributed by atoms with Crippen LogP contribution < -0.4 is 15.0 Å². The second-order valence-electron chi connectivity index (χ2n) is 8.64. The molecule has 0 saturated carbocycles. The van der Waals surface area contributed by atoms with E-state index in [1.165, 1.54) is 23.4 Å². The Balaban J connectivity index is 0.000000290. The number of methoxy groups -OCH3 is 1. The van der Waals surface area contributed by atoms with Crippen molar-refractivity contribution < 1.29 is 14.3 Å². The molecule has 38 heavy (non-hydrogen) atoms. The number of ether oxygens (including phenoxy) is 2. The number of nitrogens with zero attached hydrogens (tertiary/aromatic N) is 3. The number of aryl methyl sites for hydroxylation is 2. The highest BCUT2D eigenvalue weighted by atomic mass is 16.5. The summed E-state index contributed by atoms with van der Waals surface area (Å²) in [4.78, 5) is 17.4. The van der Waals surface area contributed by atoms with Crippen LogP contribution in [0.5, 0.6) is 5.75 Å². The first kappa shape index (κ1) is 31.9. The molecule has 0 aromatic heterocycles. The highest BCUT2D eigenvalue weighted by Gasteiger charge is 2.12. The van der Waals surface area contributed by atoms with Crippen LogP contribution in [0.15, 0.2) is 84.0 Å². The van der Waals surface area contributed by atoms with Crippen LogP contribution in [-0.4, -0.2) is 45.0 Å². The van der Waals surface area contributed by atoms with E-state index in [-0.39, 0.29) is 5.91 Å². The Morgan fingerprint density at radius 2 is 1.74 bits per heavy atom. The lowest BCUT2D eigenvalue weighted by molar-refractivity contribution is -0.111. The van der Waals surface area contributed by atoms with Gasteiger partial charge in [-0.3, -0.25) is 9.79 Å². The molecule has 0 spiro atoms. The molecule has 0 bridgehead atoms. The third-order valence-corrected chi connectivity index (χ3v) is 5.46. The zero-order valence-corrected chi connectivity index (χ0v) is 23.5. The van der Waals surface area contributed by atoms with E-state index in [0.717, 1.165) is 54.7 Å². The number of nitrogens with one attached hydrogen (secondary N) is 1. The van der Waals surface area contributed by atoms with Crippen molar-refractivity contribution in [1.29, 1.82) is 5.26 Å². The number of rotatable bonds is 6. The summed E-state index contributed by atoms with van der Waals surface area (Å²) >= 11 is 0. The molecule has 1 amide bonds. The van der Waals surface area contributed by atoms with E-state index < -0.39 is 0 Å². The summed E-state index contributed by atoms with van der Waals surface area (Å²) in [5.41, 5.74) is 6.48. The number of carbonyl (C=O) groups excluding carboxylic acids is 1. The van der Waals surface area contributed by atoms with Crippen LogP contribution in [0.1, 0.15) is 31.9 Å². The van der Waals surface area contributed by atoms with Crippen molar-refractivity contribution in [3.63, 3.8) is 0 Å². The smallest absolute Gasteiger partial charge is 0.247 e. The van der Waals surface area contributed by atoms with E-state index in [1.54, 1.807) is 14.0 Å². The average Bonchev–Trinajstić information content (AvgIpc) is 2.91. The second kappa shape index (κ2) is 17.3. The number of morpholine rings is 1. The van der Waals surface area contributed by atoms with Crippen LogP contribution >= 0.6 is 0 Å². The molecule has 1 aliphatic heterocycles. The monoisotopic (exact) mass is 516 g/mol. The van der Waals surface area contributed by atoms with Crippen molar-refractivity contribution in [2.24, 2.45) is 4.99 Å². The van der Waals surface area contributed by atoms with Gasteiger partial charge in [0.25, 0.3) is 0 Å². The van der Waals surface area contributed by atoms with E-state index >= 15 is 0 Å². The normalized spacial score (nSPS) is 12.6. The van der Waals surface area contributed by atoms with Crippen LogP contribution in [0, 0.1) is 25.2 Å². The van der Waals surface area contributed by atoms with Crippen LogP contribution in [0.3, 0.4) is 0 Å². The van der Waals surface area contributed by atoms with Gasteiger partial charge in [0.2, 0.25) is 5.91 Å². The van der Waals surface area contributed by atoms with Gasteiger partial charge in [-0.15, -0.1) is 0 Å². The molecule has 1 heterocycles. The summed E-state index contributed by atoms with van der Waals surface area (Å²) in [7, 11) is 1.71. The number of amides is 1. The van der Waals surface area contributed by atoms with Gasteiger partial charge in [-0.05, 0) is 70.0 Å². The number of nitriles is 1. The predicted octanol–water partition coefficient (Wildman–Crippen LogP) is 6.41. The Kier molecular flexibility index (Phi) is 14.5. The van der Waals surface area contributed by atoms with Crippen molar-refractivity contribution >= 4 is 23.0 Å². The largest absolute Gasteiger partial charge is 0.496 e. The molecule has 7 nitrogen and oxygen atoms in total. The number of hydrogen-bond donors (Lipinski definition) is 1. The summed E-state index contributed by atoms with van der Waals surface area (Å²) < 4.78 is 10.6. The molecular formula is C31H40N4O3. The fraction of sp³-hybridized carbons (Fsp3) is 0.323. The number of aliphatic imine (C=N–C) groups is 1. The van der Waals surface area contributed by atoms with Gasteiger partial charge in [0, 0.05) is 36.2 Å². The van der Waals surface area contributed by atoms with E-state index in [4.69, 9.17) is 14.7 Å². The Bertz CT molecular complexity index is 1180. The van der Waals surface area contributed by atoms with Crippen molar-refractivity contribution in [2.45, 2.75) is 34.6 Å². The highest BCUT2D eigenvalue weighted by Crippen LogP contribution is 2.25. The lowest BCUT2D eigenvalue weighted by Crippen LogP contribution is -2.36.